The predicted molar refractivity (Wildman–Crippen MR) is 114 cm³/mol. The van der Waals surface area contributed by atoms with E-state index >= 15 is 0 Å². The highest BCUT2D eigenvalue weighted by atomic mass is 19.1. The van der Waals surface area contributed by atoms with Crippen molar-refractivity contribution < 1.29 is 13.9 Å². The first-order valence-corrected chi connectivity index (χ1v) is 10.3. The number of rotatable bonds is 7. The molecule has 2 heterocycles. The maximum Gasteiger partial charge on any atom is 0.234 e. The summed E-state index contributed by atoms with van der Waals surface area (Å²) in [6.07, 6.45) is 0.0196. The molecule has 0 radical (unpaired) electrons. The number of nitrogens with zero attached hydrogens (tertiary/aromatic N) is 2. The molecular formula is C23H28FN3O2. The fourth-order valence-electron chi connectivity index (χ4n) is 4.31. The van der Waals surface area contributed by atoms with Crippen LogP contribution in [-0.2, 0) is 4.79 Å². The molecule has 2 unspecified atom stereocenters. The fourth-order valence-corrected chi connectivity index (χ4v) is 4.31. The van der Waals surface area contributed by atoms with Crippen molar-refractivity contribution in [2.24, 2.45) is 0 Å². The summed E-state index contributed by atoms with van der Waals surface area (Å²) in [7, 11) is 1.68. The molecule has 2 aromatic carbocycles. The number of ether oxygens (including phenoxy) is 1. The van der Waals surface area contributed by atoms with Gasteiger partial charge in [-0.05, 0) is 43.1 Å². The average molecular weight is 397 g/mol. The first-order valence-electron chi connectivity index (χ1n) is 10.3. The van der Waals surface area contributed by atoms with Crippen LogP contribution in [0, 0.1) is 0 Å². The number of fused-ring (bicyclic) bond motifs is 1. The highest BCUT2D eigenvalue weighted by Crippen LogP contribution is 2.37. The lowest BCUT2D eigenvalue weighted by Crippen LogP contribution is -2.46. The molecule has 2 atom stereocenters. The molecule has 0 saturated carbocycles. The van der Waals surface area contributed by atoms with E-state index < -0.39 is 12.1 Å². The Kier molecular flexibility index (Phi) is 6.00. The zero-order valence-corrected chi connectivity index (χ0v) is 16.8. The fraction of sp³-hybridized carbons (Fsp3) is 0.435. The highest BCUT2D eigenvalue weighted by Gasteiger charge is 2.36. The van der Waals surface area contributed by atoms with Gasteiger partial charge in [0, 0.05) is 43.6 Å². The molecule has 1 saturated heterocycles. The van der Waals surface area contributed by atoms with Crippen LogP contribution in [0.25, 0.3) is 0 Å². The van der Waals surface area contributed by atoms with Crippen molar-refractivity contribution in [1.29, 1.82) is 0 Å². The van der Waals surface area contributed by atoms with Gasteiger partial charge >= 0.3 is 0 Å². The molecule has 0 spiro atoms. The lowest BCUT2D eigenvalue weighted by molar-refractivity contribution is -0.118. The van der Waals surface area contributed by atoms with Gasteiger partial charge in [0.15, 0.2) is 0 Å². The predicted octanol–water partition coefficient (Wildman–Crippen LogP) is 3.67. The number of benzene rings is 2. The normalized spacial score (nSPS) is 20.3. The van der Waals surface area contributed by atoms with Gasteiger partial charge in [-0.2, -0.15) is 0 Å². The summed E-state index contributed by atoms with van der Waals surface area (Å²) in [5.74, 6) is -0.0156. The number of anilines is 2. The second kappa shape index (κ2) is 8.82. The summed E-state index contributed by atoms with van der Waals surface area (Å²) in [5.41, 5.74) is 2.72. The quantitative estimate of drug-likeness (QED) is 0.774. The zero-order chi connectivity index (χ0) is 20.2. The van der Waals surface area contributed by atoms with E-state index in [2.05, 4.69) is 27.2 Å². The van der Waals surface area contributed by atoms with Crippen LogP contribution in [0.1, 0.15) is 24.3 Å². The van der Waals surface area contributed by atoms with E-state index in [-0.39, 0.29) is 5.91 Å². The van der Waals surface area contributed by atoms with Crippen molar-refractivity contribution in [3.8, 4) is 5.75 Å². The van der Waals surface area contributed by atoms with Crippen molar-refractivity contribution in [2.75, 3.05) is 50.1 Å². The molecule has 1 amide bonds. The van der Waals surface area contributed by atoms with Crippen molar-refractivity contribution in [3.63, 3.8) is 0 Å². The van der Waals surface area contributed by atoms with Gasteiger partial charge in [0.05, 0.1) is 13.0 Å². The number of hydrogen-bond donors (Lipinski definition) is 1. The summed E-state index contributed by atoms with van der Waals surface area (Å²) in [6.45, 7) is 4.68. The van der Waals surface area contributed by atoms with E-state index in [1.165, 1.54) is 5.69 Å². The van der Waals surface area contributed by atoms with Gasteiger partial charge in [-0.25, -0.2) is 4.39 Å². The van der Waals surface area contributed by atoms with E-state index in [1.807, 2.05) is 36.4 Å². The summed E-state index contributed by atoms with van der Waals surface area (Å²) in [5, 5.41) is 2.79. The molecule has 6 heteroatoms. The number of halogens is 1. The molecule has 29 heavy (non-hydrogen) atoms. The maximum absolute atomic E-state index is 14.8. The lowest BCUT2D eigenvalue weighted by Gasteiger charge is -2.36. The number of amides is 1. The minimum atomic E-state index is -1.14. The zero-order valence-electron chi connectivity index (χ0n) is 16.8. The Bertz CT molecular complexity index is 852. The smallest absolute Gasteiger partial charge is 0.234 e. The Balaban J connectivity index is 1.23. The van der Waals surface area contributed by atoms with E-state index in [0.717, 1.165) is 56.1 Å². The van der Waals surface area contributed by atoms with Crippen LogP contribution >= 0.6 is 0 Å². The molecular weight excluding hydrogens is 369 g/mol. The third kappa shape index (κ3) is 4.37. The Morgan fingerprint density at radius 3 is 2.72 bits per heavy atom. The highest BCUT2D eigenvalue weighted by molar-refractivity contribution is 6.03. The Morgan fingerprint density at radius 1 is 1.14 bits per heavy atom. The van der Waals surface area contributed by atoms with Gasteiger partial charge in [-0.15, -0.1) is 0 Å². The van der Waals surface area contributed by atoms with Crippen molar-refractivity contribution >= 4 is 17.3 Å². The van der Waals surface area contributed by atoms with Gasteiger partial charge in [-0.3, -0.25) is 9.69 Å². The first-order chi connectivity index (χ1) is 14.2. The van der Waals surface area contributed by atoms with Crippen LogP contribution in [0.4, 0.5) is 15.8 Å². The molecule has 5 nitrogen and oxygen atoms in total. The number of methoxy groups -OCH3 is 1. The number of hydrogen-bond acceptors (Lipinski definition) is 4. The summed E-state index contributed by atoms with van der Waals surface area (Å²) in [6, 6.07) is 15.5. The summed E-state index contributed by atoms with van der Waals surface area (Å²) in [4.78, 5) is 16.9. The van der Waals surface area contributed by atoms with Crippen LogP contribution in [-0.4, -0.2) is 56.8 Å². The van der Waals surface area contributed by atoms with E-state index in [1.54, 1.807) is 7.11 Å². The van der Waals surface area contributed by atoms with Crippen LogP contribution < -0.4 is 15.0 Å². The summed E-state index contributed by atoms with van der Waals surface area (Å²) >= 11 is 0. The van der Waals surface area contributed by atoms with Gasteiger partial charge < -0.3 is 15.0 Å². The molecule has 154 valence electrons. The third-order valence-corrected chi connectivity index (χ3v) is 5.94. The van der Waals surface area contributed by atoms with Gasteiger partial charge in [0.1, 0.15) is 11.9 Å². The van der Waals surface area contributed by atoms with Gasteiger partial charge in [-0.1, -0.05) is 24.3 Å². The van der Waals surface area contributed by atoms with Gasteiger partial charge in [0.25, 0.3) is 0 Å². The third-order valence-electron chi connectivity index (χ3n) is 5.94. The van der Waals surface area contributed by atoms with Crippen molar-refractivity contribution in [3.05, 3.63) is 54.1 Å². The molecule has 2 aliphatic rings. The first kappa shape index (κ1) is 19.7. The molecule has 4 rings (SSSR count). The number of piperazine rings is 1. The van der Waals surface area contributed by atoms with Crippen molar-refractivity contribution in [2.45, 2.75) is 24.9 Å². The molecule has 0 bridgehead atoms. The minimum absolute atomic E-state index is 0.217. The number of nitrogens with one attached hydrogen (secondary N) is 1. The van der Waals surface area contributed by atoms with E-state index in [0.29, 0.717) is 6.42 Å². The Labute approximate surface area is 171 Å². The monoisotopic (exact) mass is 397 g/mol. The largest absolute Gasteiger partial charge is 0.497 e. The van der Waals surface area contributed by atoms with Crippen LogP contribution in [0.3, 0.4) is 0 Å². The number of carbonyl (C=O) groups is 1. The second-order valence-electron chi connectivity index (χ2n) is 7.74. The van der Waals surface area contributed by atoms with Crippen LogP contribution in [0.15, 0.2) is 48.5 Å². The maximum atomic E-state index is 14.8. The Hall–Kier alpha value is -2.60. The second-order valence-corrected chi connectivity index (χ2v) is 7.74. The molecule has 0 aliphatic carbocycles. The molecule has 2 aromatic rings. The molecule has 1 fully saturated rings. The Morgan fingerprint density at radius 2 is 1.93 bits per heavy atom. The average Bonchev–Trinajstić information content (AvgIpc) is 3.10. The number of alkyl halides is 1. The molecule has 0 aromatic heterocycles. The number of para-hydroxylation sites is 1. The van der Waals surface area contributed by atoms with E-state index in [9.17, 15) is 9.18 Å². The van der Waals surface area contributed by atoms with Gasteiger partial charge in [0.2, 0.25) is 5.91 Å². The van der Waals surface area contributed by atoms with Crippen LogP contribution in [0.2, 0.25) is 0 Å². The topological polar surface area (TPSA) is 44.8 Å². The standard InChI is InChI=1S/C23H28FN3O2/c1-29-18-7-4-6-17(16-18)27-14-12-26(13-15-27)11-5-9-20(24)22-19-8-2-3-10-21(19)25-23(22)28/h2-4,6-8,10,16,20,22H,5,9,11-15H2,1H3,(H,25,28). The van der Waals surface area contributed by atoms with Crippen molar-refractivity contribution in [1.82, 2.24) is 4.90 Å². The molecule has 1 N–H and O–H groups in total. The van der Waals surface area contributed by atoms with E-state index in [4.69, 9.17) is 4.74 Å². The molecule has 2 aliphatic heterocycles. The number of carbonyl (C=O) groups excluding carboxylic acids is 1. The SMILES string of the molecule is COc1cccc(N2CCN(CCCC(F)C3C(=O)Nc4ccccc43)CC2)c1. The summed E-state index contributed by atoms with van der Waals surface area (Å²) < 4.78 is 20.2. The lowest BCUT2D eigenvalue weighted by atomic mass is 9.93. The van der Waals surface area contributed by atoms with Crippen LogP contribution in [0.5, 0.6) is 5.75 Å². The minimum Gasteiger partial charge on any atom is -0.497 e.